The van der Waals surface area contributed by atoms with Crippen molar-refractivity contribution in [2.75, 3.05) is 11.9 Å². The van der Waals surface area contributed by atoms with Crippen LogP contribution in [-0.4, -0.2) is 24.1 Å². The van der Waals surface area contributed by atoms with Crippen molar-refractivity contribution in [3.63, 3.8) is 0 Å². The van der Waals surface area contributed by atoms with Gasteiger partial charge in [0, 0.05) is 5.56 Å². The van der Waals surface area contributed by atoms with E-state index in [4.69, 9.17) is 4.74 Å². The summed E-state index contributed by atoms with van der Waals surface area (Å²) in [6, 6.07) is 6.88. The molecule has 3 aromatic rings. The van der Waals surface area contributed by atoms with E-state index in [9.17, 15) is 26.7 Å². The summed E-state index contributed by atoms with van der Waals surface area (Å²) >= 11 is 0.891. The zero-order valence-electron chi connectivity index (χ0n) is 15.7. The van der Waals surface area contributed by atoms with Crippen LogP contribution in [0.4, 0.5) is 27.1 Å². The van der Waals surface area contributed by atoms with E-state index in [0.29, 0.717) is 18.0 Å². The largest absolute Gasteiger partial charge is 0.489 e. The van der Waals surface area contributed by atoms with E-state index in [-0.39, 0.29) is 26.9 Å². The first-order chi connectivity index (χ1) is 14.7. The number of hydrogen-bond donors (Lipinski definition) is 1. The molecule has 11 heteroatoms. The second-order valence-electron chi connectivity index (χ2n) is 6.95. The number of fused-ring (bicyclic) bond motifs is 1. The lowest BCUT2D eigenvalue weighted by Gasteiger charge is -2.13. The van der Waals surface area contributed by atoms with Gasteiger partial charge in [0.25, 0.3) is 5.91 Å². The quantitative estimate of drug-likeness (QED) is 0.444. The molecule has 1 N–H and O–H groups in total. The van der Waals surface area contributed by atoms with Crippen molar-refractivity contribution in [2.45, 2.75) is 25.6 Å². The monoisotopic (exact) mass is 458 g/mol. The van der Waals surface area contributed by atoms with Crippen molar-refractivity contribution in [3.8, 4) is 11.5 Å². The summed E-state index contributed by atoms with van der Waals surface area (Å²) in [5, 5.41) is 2.62. The average Bonchev–Trinajstić information content (AvgIpc) is 3.43. The van der Waals surface area contributed by atoms with E-state index in [2.05, 4.69) is 15.0 Å². The van der Waals surface area contributed by atoms with Crippen LogP contribution in [0, 0.1) is 5.92 Å². The number of thiazole rings is 1. The first-order valence-electron chi connectivity index (χ1n) is 9.20. The van der Waals surface area contributed by atoms with Crippen LogP contribution in [0.5, 0.6) is 11.5 Å². The number of hydrogen-bond acceptors (Lipinski definition) is 5. The highest BCUT2D eigenvalue weighted by molar-refractivity contribution is 7.22. The minimum absolute atomic E-state index is 0.0129. The van der Waals surface area contributed by atoms with E-state index < -0.39 is 24.3 Å². The van der Waals surface area contributed by atoms with E-state index in [1.165, 1.54) is 24.3 Å². The number of halogens is 5. The fourth-order valence-electron chi connectivity index (χ4n) is 2.77. The van der Waals surface area contributed by atoms with Crippen molar-refractivity contribution in [3.05, 3.63) is 47.5 Å². The van der Waals surface area contributed by atoms with Crippen molar-refractivity contribution in [1.82, 2.24) is 4.98 Å². The number of rotatable bonds is 7. The van der Waals surface area contributed by atoms with E-state index in [1.54, 1.807) is 0 Å². The maximum Gasteiger partial charge on any atom is 0.416 e. The number of nitrogens with zero attached hydrogens (tertiary/aromatic N) is 1. The predicted octanol–water partition coefficient (Wildman–Crippen LogP) is 5.96. The molecule has 1 heterocycles. The van der Waals surface area contributed by atoms with Crippen molar-refractivity contribution >= 4 is 32.6 Å². The van der Waals surface area contributed by atoms with Crippen molar-refractivity contribution in [2.24, 2.45) is 5.92 Å². The number of carbonyl (C=O) groups excluding carboxylic acids is 1. The molecule has 4 rings (SSSR count). The van der Waals surface area contributed by atoms with Gasteiger partial charge < -0.3 is 9.47 Å². The summed E-state index contributed by atoms with van der Waals surface area (Å²) in [5.74, 6) is -0.443. The first kappa shape index (κ1) is 21.3. The molecular formula is C20H15F5N2O3S. The Hall–Kier alpha value is -2.95. The highest BCUT2D eigenvalue weighted by atomic mass is 32.1. The van der Waals surface area contributed by atoms with Crippen LogP contribution in [0.1, 0.15) is 28.8 Å². The summed E-state index contributed by atoms with van der Waals surface area (Å²) in [6.07, 6.45) is -2.52. The molecule has 1 amide bonds. The summed E-state index contributed by atoms with van der Waals surface area (Å²) in [5.41, 5.74) is -0.404. The minimum atomic E-state index is -4.49. The summed E-state index contributed by atoms with van der Waals surface area (Å²) in [4.78, 5) is 16.7. The predicted molar refractivity (Wildman–Crippen MR) is 104 cm³/mol. The molecule has 1 aliphatic carbocycles. The zero-order chi connectivity index (χ0) is 22.2. The van der Waals surface area contributed by atoms with Gasteiger partial charge in [0.1, 0.15) is 0 Å². The zero-order valence-corrected chi connectivity index (χ0v) is 16.5. The molecule has 1 fully saturated rings. The minimum Gasteiger partial charge on any atom is -0.489 e. The number of alkyl halides is 5. The molecule has 0 saturated heterocycles. The SMILES string of the molecule is O=C(Nc1nc2ccc(C(F)(F)F)cc2s1)c1ccc(OC(F)F)c(OCC2CC2)c1. The van der Waals surface area contributed by atoms with Gasteiger partial charge in [0.15, 0.2) is 16.6 Å². The first-order valence-corrected chi connectivity index (χ1v) is 10.0. The van der Waals surface area contributed by atoms with Gasteiger partial charge in [-0.15, -0.1) is 0 Å². The highest BCUT2D eigenvalue weighted by Crippen LogP contribution is 2.36. The van der Waals surface area contributed by atoms with E-state index in [0.717, 1.165) is 36.3 Å². The maximum absolute atomic E-state index is 12.9. The molecule has 2 aromatic carbocycles. The van der Waals surface area contributed by atoms with Gasteiger partial charge >= 0.3 is 12.8 Å². The second kappa shape index (κ2) is 8.29. The van der Waals surface area contributed by atoms with Gasteiger partial charge in [-0.1, -0.05) is 11.3 Å². The Morgan fingerprint density at radius 3 is 2.61 bits per heavy atom. The molecular weight excluding hydrogens is 443 g/mol. The fourth-order valence-corrected chi connectivity index (χ4v) is 3.67. The molecule has 1 aliphatic rings. The molecule has 1 saturated carbocycles. The van der Waals surface area contributed by atoms with Crippen LogP contribution < -0.4 is 14.8 Å². The Morgan fingerprint density at radius 1 is 1.16 bits per heavy atom. The number of ether oxygens (including phenoxy) is 2. The Labute approximate surface area is 176 Å². The lowest BCUT2D eigenvalue weighted by Crippen LogP contribution is -2.13. The van der Waals surface area contributed by atoms with E-state index in [1.807, 2.05) is 0 Å². The standard InChI is InChI=1S/C20H15F5N2O3S/c21-18(22)30-14-6-3-11(7-15(14)29-9-10-1-2-10)17(28)27-19-26-13-5-4-12(20(23,24)25)8-16(13)31-19/h3-8,10,18H,1-2,9H2,(H,26,27,28). The second-order valence-corrected chi connectivity index (χ2v) is 7.98. The van der Waals surface area contributed by atoms with Crippen LogP contribution >= 0.6 is 11.3 Å². The number of nitrogens with one attached hydrogen (secondary N) is 1. The lowest BCUT2D eigenvalue weighted by atomic mass is 10.2. The number of carbonyl (C=O) groups is 1. The van der Waals surface area contributed by atoms with Crippen LogP contribution in [0.25, 0.3) is 10.2 Å². The van der Waals surface area contributed by atoms with Gasteiger partial charge in [-0.05, 0) is 55.2 Å². The molecule has 31 heavy (non-hydrogen) atoms. The van der Waals surface area contributed by atoms with E-state index >= 15 is 0 Å². The van der Waals surface area contributed by atoms with Gasteiger partial charge in [0.05, 0.1) is 22.4 Å². The highest BCUT2D eigenvalue weighted by Gasteiger charge is 2.31. The molecule has 5 nitrogen and oxygen atoms in total. The molecule has 0 unspecified atom stereocenters. The summed E-state index contributed by atoms with van der Waals surface area (Å²) in [7, 11) is 0. The lowest BCUT2D eigenvalue weighted by molar-refractivity contribution is -0.137. The van der Waals surface area contributed by atoms with Gasteiger partial charge in [-0.25, -0.2) is 4.98 Å². The number of aromatic nitrogens is 1. The van der Waals surface area contributed by atoms with Crippen LogP contribution in [-0.2, 0) is 6.18 Å². The summed E-state index contributed by atoms with van der Waals surface area (Å²) < 4.78 is 74.1. The van der Waals surface area contributed by atoms with Crippen LogP contribution in [0.3, 0.4) is 0 Å². The molecule has 0 aliphatic heterocycles. The Kier molecular flexibility index (Phi) is 5.69. The number of anilines is 1. The Bertz CT molecular complexity index is 1110. The Balaban J connectivity index is 1.53. The maximum atomic E-state index is 12.9. The Morgan fingerprint density at radius 2 is 1.94 bits per heavy atom. The number of benzene rings is 2. The molecule has 0 spiro atoms. The molecule has 164 valence electrons. The van der Waals surface area contributed by atoms with Crippen LogP contribution in [0.15, 0.2) is 36.4 Å². The normalized spacial score (nSPS) is 14.1. The topological polar surface area (TPSA) is 60.5 Å². The third-order valence-corrected chi connectivity index (χ3v) is 5.46. The van der Waals surface area contributed by atoms with Crippen molar-refractivity contribution < 1.29 is 36.2 Å². The third-order valence-electron chi connectivity index (χ3n) is 4.53. The summed E-state index contributed by atoms with van der Waals surface area (Å²) in [6.45, 7) is -2.73. The molecule has 0 radical (unpaired) electrons. The molecule has 0 atom stereocenters. The third kappa shape index (κ3) is 5.22. The van der Waals surface area contributed by atoms with Gasteiger partial charge in [-0.2, -0.15) is 22.0 Å². The average molecular weight is 458 g/mol. The molecule has 0 bridgehead atoms. The van der Waals surface area contributed by atoms with Crippen LogP contribution in [0.2, 0.25) is 0 Å². The smallest absolute Gasteiger partial charge is 0.416 e. The van der Waals surface area contributed by atoms with Gasteiger partial charge in [0.2, 0.25) is 0 Å². The van der Waals surface area contributed by atoms with Gasteiger partial charge in [-0.3, -0.25) is 10.1 Å². The molecule has 1 aromatic heterocycles. The number of amides is 1. The fraction of sp³-hybridized carbons (Fsp3) is 0.300. The van der Waals surface area contributed by atoms with Crippen molar-refractivity contribution in [1.29, 1.82) is 0 Å².